The maximum absolute atomic E-state index is 12.2. The molecule has 0 radical (unpaired) electrons. The van der Waals surface area contributed by atoms with Crippen LogP contribution in [0.1, 0.15) is 22.8 Å². The Balaban J connectivity index is 3.10. The molecule has 1 aromatic carbocycles. The van der Waals surface area contributed by atoms with Crippen molar-refractivity contribution in [1.82, 2.24) is 4.90 Å². The first-order valence-electron chi connectivity index (χ1n) is 5.58. The quantitative estimate of drug-likeness (QED) is 0.634. The maximum Gasteiger partial charge on any atom is 0.261 e. The van der Waals surface area contributed by atoms with Crippen LogP contribution in [0.2, 0.25) is 0 Å². The van der Waals surface area contributed by atoms with Crippen molar-refractivity contribution in [2.75, 3.05) is 13.6 Å². The molecular weight excluding hydrogens is 286 g/mol. The first-order chi connectivity index (χ1) is 8.62. The van der Waals surface area contributed by atoms with E-state index in [9.17, 15) is 13.2 Å². The average molecular weight is 302 g/mol. The SMILES string of the molecule is C=C(C)CN(C)C(=O)c1ccc(S(=O)(=O)Cl)cc1C. The van der Waals surface area contributed by atoms with Gasteiger partial charge in [-0.3, -0.25) is 4.79 Å². The van der Waals surface area contributed by atoms with E-state index in [0.717, 1.165) is 5.57 Å². The zero-order chi connectivity index (χ0) is 14.8. The highest BCUT2D eigenvalue weighted by atomic mass is 35.7. The number of hydrogen-bond acceptors (Lipinski definition) is 3. The van der Waals surface area contributed by atoms with Crippen molar-refractivity contribution in [1.29, 1.82) is 0 Å². The number of nitrogens with zero attached hydrogens (tertiary/aromatic N) is 1. The summed E-state index contributed by atoms with van der Waals surface area (Å²) in [7, 11) is 3.15. The third-order valence-electron chi connectivity index (χ3n) is 2.56. The molecule has 0 atom stereocenters. The molecule has 0 unspecified atom stereocenters. The fourth-order valence-corrected chi connectivity index (χ4v) is 2.55. The van der Waals surface area contributed by atoms with Gasteiger partial charge in [0.15, 0.2) is 0 Å². The summed E-state index contributed by atoms with van der Waals surface area (Å²) >= 11 is 0. The van der Waals surface area contributed by atoms with Crippen LogP contribution in [0, 0.1) is 6.92 Å². The molecule has 1 amide bonds. The normalized spacial score (nSPS) is 11.2. The number of benzene rings is 1. The summed E-state index contributed by atoms with van der Waals surface area (Å²) < 4.78 is 22.4. The molecule has 0 bridgehead atoms. The second-order valence-corrected chi connectivity index (χ2v) is 7.10. The summed E-state index contributed by atoms with van der Waals surface area (Å²) in [4.78, 5) is 13.7. The molecule has 0 N–H and O–H groups in total. The number of hydrogen-bond donors (Lipinski definition) is 0. The van der Waals surface area contributed by atoms with E-state index >= 15 is 0 Å². The molecule has 6 heteroatoms. The number of likely N-dealkylation sites (N-methyl/N-ethyl adjacent to an activating group) is 1. The Morgan fingerprint density at radius 3 is 2.42 bits per heavy atom. The van der Waals surface area contributed by atoms with Gasteiger partial charge in [0, 0.05) is 29.8 Å². The first-order valence-corrected chi connectivity index (χ1v) is 7.89. The van der Waals surface area contributed by atoms with E-state index in [0.29, 0.717) is 17.7 Å². The van der Waals surface area contributed by atoms with E-state index in [1.54, 1.807) is 14.0 Å². The highest BCUT2D eigenvalue weighted by Gasteiger charge is 2.17. The Kier molecular flexibility index (Phi) is 4.76. The Morgan fingerprint density at radius 1 is 1.42 bits per heavy atom. The zero-order valence-electron chi connectivity index (χ0n) is 11.1. The van der Waals surface area contributed by atoms with Crippen LogP contribution in [0.3, 0.4) is 0 Å². The van der Waals surface area contributed by atoms with Gasteiger partial charge in [0.2, 0.25) is 0 Å². The van der Waals surface area contributed by atoms with Crippen molar-refractivity contribution < 1.29 is 13.2 Å². The molecule has 104 valence electrons. The third-order valence-corrected chi connectivity index (χ3v) is 3.92. The van der Waals surface area contributed by atoms with Crippen molar-refractivity contribution in [3.05, 3.63) is 41.5 Å². The molecule has 0 aliphatic heterocycles. The lowest BCUT2D eigenvalue weighted by Crippen LogP contribution is -2.28. The number of aryl methyl sites for hydroxylation is 1. The predicted octanol–water partition coefficient (Wildman–Crippen LogP) is 2.57. The van der Waals surface area contributed by atoms with E-state index in [4.69, 9.17) is 10.7 Å². The number of carbonyl (C=O) groups is 1. The Morgan fingerprint density at radius 2 is 2.00 bits per heavy atom. The average Bonchev–Trinajstić information content (AvgIpc) is 2.25. The largest absolute Gasteiger partial charge is 0.338 e. The third kappa shape index (κ3) is 4.08. The minimum Gasteiger partial charge on any atom is -0.338 e. The minimum absolute atomic E-state index is 0.00855. The molecule has 0 aliphatic carbocycles. The van der Waals surface area contributed by atoms with Crippen molar-refractivity contribution in [3.8, 4) is 0 Å². The smallest absolute Gasteiger partial charge is 0.261 e. The summed E-state index contributed by atoms with van der Waals surface area (Å²) in [5.74, 6) is -0.181. The summed E-state index contributed by atoms with van der Waals surface area (Å²) in [5, 5.41) is 0. The molecule has 0 fully saturated rings. The van der Waals surface area contributed by atoms with Crippen molar-refractivity contribution in [2.24, 2.45) is 0 Å². The van der Waals surface area contributed by atoms with Gasteiger partial charge in [-0.15, -0.1) is 0 Å². The van der Waals surface area contributed by atoms with E-state index < -0.39 is 9.05 Å². The monoisotopic (exact) mass is 301 g/mol. The van der Waals surface area contributed by atoms with Crippen LogP contribution in [0.15, 0.2) is 35.2 Å². The number of rotatable bonds is 4. The van der Waals surface area contributed by atoms with Crippen LogP contribution in [0.4, 0.5) is 0 Å². The van der Waals surface area contributed by atoms with Gasteiger partial charge in [-0.2, -0.15) is 0 Å². The van der Waals surface area contributed by atoms with Crippen LogP contribution in [0.25, 0.3) is 0 Å². The molecular formula is C13H16ClNO3S. The molecule has 1 aromatic rings. The fraction of sp³-hybridized carbons (Fsp3) is 0.308. The molecule has 0 heterocycles. The first kappa shape index (κ1) is 15.7. The Labute approximate surface area is 118 Å². The lowest BCUT2D eigenvalue weighted by Gasteiger charge is -2.18. The van der Waals surface area contributed by atoms with E-state index in [-0.39, 0.29) is 10.8 Å². The second kappa shape index (κ2) is 5.75. The van der Waals surface area contributed by atoms with Crippen LogP contribution >= 0.6 is 10.7 Å². The Bertz CT molecular complexity index is 623. The Hall–Kier alpha value is -1.33. The van der Waals surface area contributed by atoms with Gasteiger partial charge < -0.3 is 4.90 Å². The second-order valence-electron chi connectivity index (χ2n) is 4.53. The predicted molar refractivity (Wildman–Crippen MR) is 76.0 cm³/mol. The van der Waals surface area contributed by atoms with Crippen LogP contribution in [0.5, 0.6) is 0 Å². The minimum atomic E-state index is -3.77. The number of carbonyl (C=O) groups excluding carboxylic acids is 1. The van der Waals surface area contributed by atoms with E-state index in [1.165, 1.54) is 23.1 Å². The summed E-state index contributed by atoms with van der Waals surface area (Å²) in [6.45, 7) is 7.71. The number of amides is 1. The highest BCUT2D eigenvalue weighted by molar-refractivity contribution is 8.13. The number of halogens is 1. The van der Waals surface area contributed by atoms with Crippen LogP contribution in [-0.4, -0.2) is 32.8 Å². The summed E-state index contributed by atoms with van der Waals surface area (Å²) in [6, 6.07) is 4.20. The molecule has 1 rings (SSSR count). The van der Waals surface area contributed by atoms with Gasteiger partial charge in [-0.05, 0) is 37.6 Å². The van der Waals surface area contributed by atoms with Crippen LogP contribution < -0.4 is 0 Å². The summed E-state index contributed by atoms with van der Waals surface area (Å²) in [6.07, 6.45) is 0. The van der Waals surface area contributed by atoms with Gasteiger partial charge in [0.1, 0.15) is 0 Å². The lowest BCUT2D eigenvalue weighted by atomic mass is 10.1. The molecule has 4 nitrogen and oxygen atoms in total. The van der Waals surface area contributed by atoms with Crippen molar-refractivity contribution in [3.63, 3.8) is 0 Å². The standard InChI is InChI=1S/C13H16ClNO3S/c1-9(2)8-15(4)13(16)12-6-5-11(7-10(12)3)19(14,17)18/h5-7H,1,8H2,2-4H3. The van der Waals surface area contributed by atoms with Crippen molar-refractivity contribution >= 4 is 25.6 Å². The van der Waals surface area contributed by atoms with E-state index in [2.05, 4.69) is 6.58 Å². The molecule has 19 heavy (non-hydrogen) atoms. The van der Waals surface area contributed by atoms with Gasteiger partial charge >= 0.3 is 0 Å². The zero-order valence-corrected chi connectivity index (χ0v) is 12.7. The molecule has 0 spiro atoms. The highest BCUT2D eigenvalue weighted by Crippen LogP contribution is 2.20. The maximum atomic E-state index is 12.2. The van der Waals surface area contributed by atoms with Gasteiger partial charge in [-0.25, -0.2) is 8.42 Å². The van der Waals surface area contributed by atoms with Gasteiger partial charge in [-0.1, -0.05) is 12.2 Å². The molecule has 0 aromatic heterocycles. The molecule has 0 aliphatic rings. The molecule has 0 saturated carbocycles. The van der Waals surface area contributed by atoms with Gasteiger partial charge in [0.05, 0.1) is 4.90 Å². The topological polar surface area (TPSA) is 54.5 Å². The fourth-order valence-electron chi connectivity index (χ4n) is 1.71. The van der Waals surface area contributed by atoms with Crippen LogP contribution in [-0.2, 0) is 9.05 Å². The van der Waals surface area contributed by atoms with Gasteiger partial charge in [0.25, 0.3) is 15.0 Å². The summed E-state index contributed by atoms with van der Waals surface area (Å²) in [5.41, 5.74) is 1.89. The van der Waals surface area contributed by atoms with E-state index in [1.807, 2.05) is 6.92 Å². The lowest BCUT2D eigenvalue weighted by molar-refractivity contribution is 0.0806. The molecule has 0 saturated heterocycles. The van der Waals surface area contributed by atoms with Crippen molar-refractivity contribution in [2.45, 2.75) is 18.7 Å².